The molecule has 0 bridgehead atoms. The van der Waals surface area contributed by atoms with Crippen LogP contribution in [0, 0.1) is 12.5 Å². The van der Waals surface area contributed by atoms with Crippen LogP contribution in [0.3, 0.4) is 0 Å². The summed E-state index contributed by atoms with van der Waals surface area (Å²) >= 11 is 3.12. The molecule has 2 heterocycles. The summed E-state index contributed by atoms with van der Waals surface area (Å²) in [6.07, 6.45) is 5.80. The number of nitrogens with zero attached hydrogens (tertiary/aromatic N) is 3. The minimum Gasteiger partial charge on any atom is -0.497 e. The predicted molar refractivity (Wildman–Crippen MR) is 166 cm³/mol. The van der Waals surface area contributed by atoms with E-state index in [4.69, 9.17) is 9.47 Å². The molecule has 3 amide bonds. The lowest BCUT2D eigenvalue weighted by Crippen LogP contribution is -2.57. The fourth-order valence-corrected chi connectivity index (χ4v) is 7.65. The summed E-state index contributed by atoms with van der Waals surface area (Å²) < 4.78 is 10.8. The van der Waals surface area contributed by atoms with Crippen LogP contribution in [0.5, 0.6) is 5.75 Å². The summed E-state index contributed by atoms with van der Waals surface area (Å²) in [5.41, 5.74) is 0.434. The lowest BCUT2D eigenvalue weighted by molar-refractivity contribution is -0.136. The highest BCUT2D eigenvalue weighted by atomic mass is 32.2. The summed E-state index contributed by atoms with van der Waals surface area (Å²) in [5.74, 6) is 3.15. The van der Waals surface area contributed by atoms with Crippen molar-refractivity contribution in [3.8, 4) is 5.75 Å². The van der Waals surface area contributed by atoms with E-state index in [1.54, 1.807) is 46.2 Å². The molecule has 1 radical (unpaired) electrons. The Balaban J connectivity index is 1.38. The molecule has 2 atom stereocenters. The fourth-order valence-electron chi connectivity index (χ4n) is 5.40. The number of methoxy groups -OCH3 is 1. The number of thioether (sulfide) groups is 2. The van der Waals surface area contributed by atoms with Crippen molar-refractivity contribution in [2.24, 2.45) is 5.92 Å². The maximum Gasteiger partial charge on any atom is 0.411 e. The molecule has 1 aliphatic carbocycles. The Kier molecular flexibility index (Phi) is 11.4. The van der Waals surface area contributed by atoms with Gasteiger partial charge in [0.2, 0.25) is 5.91 Å². The molecule has 1 aromatic rings. The average molecular weight is 606 g/mol. The number of carbonyl (C=O) groups excluding carboxylic acids is 3. The van der Waals surface area contributed by atoms with Crippen molar-refractivity contribution in [2.75, 3.05) is 55.4 Å². The molecule has 227 valence electrons. The zero-order valence-corrected chi connectivity index (χ0v) is 26.4. The van der Waals surface area contributed by atoms with Gasteiger partial charge in [-0.3, -0.25) is 14.5 Å². The Morgan fingerprint density at radius 2 is 1.73 bits per heavy atom. The van der Waals surface area contributed by atoms with Gasteiger partial charge in [0, 0.05) is 43.4 Å². The third-order valence-corrected chi connectivity index (χ3v) is 9.99. The molecule has 1 aromatic carbocycles. The van der Waals surface area contributed by atoms with Crippen molar-refractivity contribution in [2.45, 2.75) is 69.9 Å². The normalized spacial score (nSPS) is 21.0. The molecule has 11 heteroatoms. The van der Waals surface area contributed by atoms with Gasteiger partial charge in [-0.25, -0.2) is 4.79 Å². The average Bonchev–Trinajstić information content (AvgIpc) is 3.47. The molecular weight excluding hydrogens is 560 g/mol. The van der Waals surface area contributed by atoms with Crippen LogP contribution in [0.25, 0.3) is 0 Å². The molecule has 0 spiro atoms. The van der Waals surface area contributed by atoms with E-state index in [9.17, 15) is 14.4 Å². The number of amides is 3. The Labute approximate surface area is 253 Å². The number of carbonyl (C=O) groups is 3. The summed E-state index contributed by atoms with van der Waals surface area (Å²) in [6.45, 7) is 9.69. The number of rotatable bonds is 9. The Morgan fingerprint density at radius 3 is 2.37 bits per heavy atom. The SMILES string of the molecule is COc1ccc(N2CCN(C(=O)[C@H](CSCC3CCCCC3)NC(=O)C3SC[CH]N3C(=O)OC(C)(C)C)CC2)cc1. The van der Waals surface area contributed by atoms with Crippen molar-refractivity contribution >= 4 is 47.1 Å². The van der Waals surface area contributed by atoms with E-state index in [1.165, 1.54) is 48.8 Å². The number of nitrogens with one attached hydrogen (secondary N) is 1. The van der Waals surface area contributed by atoms with Crippen LogP contribution in [0.15, 0.2) is 24.3 Å². The highest BCUT2D eigenvalue weighted by Crippen LogP contribution is 2.30. The lowest BCUT2D eigenvalue weighted by atomic mass is 9.91. The third kappa shape index (κ3) is 9.11. The lowest BCUT2D eigenvalue weighted by Gasteiger charge is -2.38. The second-order valence-corrected chi connectivity index (χ2v) is 14.1. The number of ether oxygens (including phenoxy) is 2. The van der Waals surface area contributed by atoms with Crippen LogP contribution in [-0.2, 0) is 14.3 Å². The molecule has 2 saturated heterocycles. The van der Waals surface area contributed by atoms with Crippen LogP contribution in [-0.4, -0.2) is 95.3 Å². The van der Waals surface area contributed by atoms with Gasteiger partial charge in [0.15, 0.2) is 5.37 Å². The van der Waals surface area contributed by atoms with Crippen LogP contribution in [0.2, 0.25) is 0 Å². The van der Waals surface area contributed by atoms with Gasteiger partial charge in [0.25, 0.3) is 5.91 Å². The topological polar surface area (TPSA) is 91.4 Å². The quantitative estimate of drug-likeness (QED) is 0.437. The minimum atomic E-state index is -0.754. The monoisotopic (exact) mass is 605 g/mol. The first kappa shape index (κ1) is 31.7. The van der Waals surface area contributed by atoms with Crippen molar-refractivity contribution in [3.05, 3.63) is 30.8 Å². The number of hydrogen-bond acceptors (Lipinski definition) is 8. The van der Waals surface area contributed by atoms with E-state index in [-0.39, 0.29) is 11.8 Å². The van der Waals surface area contributed by atoms with Gasteiger partial charge in [-0.1, -0.05) is 19.3 Å². The summed E-state index contributed by atoms with van der Waals surface area (Å²) in [6, 6.07) is 7.31. The van der Waals surface area contributed by atoms with E-state index >= 15 is 0 Å². The Morgan fingerprint density at radius 1 is 1.05 bits per heavy atom. The second kappa shape index (κ2) is 14.8. The standard InChI is InChI=1S/C30H45N4O5S2/c1-30(2,3)39-29(37)34-18-19-41-28(34)26(35)31-25(21-40-20-22-8-6-5-7-9-22)27(36)33-16-14-32(15-17-33)23-10-12-24(38-4)13-11-23/h10-13,18,22,25,28H,5-9,14-17,19-21H2,1-4H3,(H,31,35)/t25-,28?/m0/s1. The molecule has 9 nitrogen and oxygen atoms in total. The highest BCUT2D eigenvalue weighted by Gasteiger charge is 2.39. The van der Waals surface area contributed by atoms with Crippen LogP contribution in [0.4, 0.5) is 10.5 Å². The number of hydrogen-bond donors (Lipinski definition) is 1. The van der Waals surface area contributed by atoms with Crippen LogP contribution in [0.1, 0.15) is 52.9 Å². The van der Waals surface area contributed by atoms with Gasteiger partial charge in [-0.05, 0) is 69.5 Å². The van der Waals surface area contributed by atoms with Crippen LogP contribution >= 0.6 is 23.5 Å². The van der Waals surface area contributed by atoms with Gasteiger partial charge in [-0.2, -0.15) is 11.8 Å². The second-order valence-electron chi connectivity index (χ2n) is 11.9. The maximum absolute atomic E-state index is 13.8. The van der Waals surface area contributed by atoms with Crippen molar-refractivity contribution in [1.29, 1.82) is 0 Å². The van der Waals surface area contributed by atoms with E-state index in [0.29, 0.717) is 43.6 Å². The van der Waals surface area contributed by atoms with Crippen LogP contribution < -0.4 is 15.0 Å². The molecule has 1 N–H and O–H groups in total. The molecule has 2 aliphatic heterocycles. The molecule has 3 fully saturated rings. The predicted octanol–water partition coefficient (Wildman–Crippen LogP) is 4.61. The zero-order chi connectivity index (χ0) is 29.4. The molecular formula is C30H45N4O5S2. The molecule has 3 aliphatic rings. The molecule has 4 rings (SSSR count). The first-order valence-corrected chi connectivity index (χ1v) is 16.9. The molecule has 41 heavy (non-hydrogen) atoms. The number of benzene rings is 1. The Bertz CT molecular complexity index is 1020. The summed E-state index contributed by atoms with van der Waals surface area (Å²) in [7, 11) is 1.65. The minimum absolute atomic E-state index is 0.0559. The maximum atomic E-state index is 13.8. The van der Waals surface area contributed by atoms with E-state index in [0.717, 1.165) is 17.2 Å². The molecule has 1 saturated carbocycles. The zero-order valence-electron chi connectivity index (χ0n) is 24.8. The smallest absolute Gasteiger partial charge is 0.411 e. The van der Waals surface area contributed by atoms with Gasteiger partial charge in [0.05, 0.1) is 13.7 Å². The van der Waals surface area contributed by atoms with Crippen molar-refractivity contribution in [1.82, 2.24) is 15.1 Å². The molecule has 0 aromatic heterocycles. The van der Waals surface area contributed by atoms with Gasteiger partial charge >= 0.3 is 6.09 Å². The highest BCUT2D eigenvalue weighted by molar-refractivity contribution is 8.01. The first-order valence-electron chi connectivity index (χ1n) is 14.7. The first-order chi connectivity index (χ1) is 19.6. The molecule has 1 unspecified atom stereocenters. The van der Waals surface area contributed by atoms with E-state index in [2.05, 4.69) is 10.2 Å². The van der Waals surface area contributed by atoms with E-state index < -0.39 is 23.1 Å². The Hall–Kier alpha value is -2.27. The summed E-state index contributed by atoms with van der Waals surface area (Å²) in [4.78, 5) is 45.5. The van der Waals surface area contributed by atoms with E-state index in [1.807, 2.05) is 29.2 Å². The van der Waals surface area contributed by atoms with Crippen molar-refractivity contribution in [3.63, 3.8) is 0 Å². The van der Waals surface area contributed by atoms with Gasteiger partial charge < -0.3 is 24.6 Å². The van der Waals surface area contributed by atoms with Gasteiger partial charge in [-0.15, -0.1) is 11.8 Å². The van der Waals surface area contributed by atoms with Crippen molar-refractivity contribution < 1.29 is 23.9 Å². The third-order valence-electron chi connectivity index (χ3n) is 7.61. The number of anilines is 1. The fraction of sp³-hybridized carbons (Fsp3) is 0.667. The number of piperazine rings is 1. The van der Waals surface area contributed by atoms with Gasteiger partial charge in [0.1, 0.15) is 17.4 Å². The summed E-state index contributed by atoms with van der Waals surface area (Å²) in [5, 5.41) is 2.27. The largest absolute Gasteiger partial charge is 0.497 e.